The molecule has 2 aromatic rings. The minimum atomic E-state index is -0.229. The molecule has 1 aliphatic heterocycles. The van der Waals surface area contributed by atoms with Crippen molar-refractivity contribution in [3.8, 4) is 0 Å². The zero-order valence-electron chi connectivity index (χ0n) is 13.8. The highest BCUT2D eigenvalue weighted by Gasteiger charge is 2.26. The lowest BCUT2D eigenvalue weighted by atomic mass is 9.96. The van der Waals surface area contributed by atoms with Crippen molar-refractivity contribution in [2.45, 2.75) is 33.2 Å². The number of rotatable bonds is 4. The largest absolute Gasteiger partial charge is 0.369 e. The number of ketones is 1. The first-order valence-electron chi connectivity index (χ1n) is 8.03. The summed E-state index contributed by atoms with van der Waals surface area (Å²) in [5.41, 5.74) is 5.87. The number of primary amides is 1. The van der Waals surface area contributed by atoms with Crippen LogP contribution in [-0.4, -0.2) is 34.7 Å². The Kier molecular flexibility index (Phi) is 4.51. The summed E-state index contributed by atoms with van der Waals surface area (Å²) in [7, 11) is 0. The smallest absolute Gasteiger partial charge is 0.260 e. The Hall–Kier alpha value is -2.06. The second kappa shape index (κ2) is 6.45. The second-order valence-electron chi connectivity index (χ2n) is 6.41. The fourth-order valence-electron chi connectivity index (χ4n) is 3.33. The van der Waals surface area contributed by atoms with Gasteiger partial charge >= 0.3 is 0 Å². The summed E-state index contributed by atoms with van der Waals surface area (Å²) >= 11 is 1.28. The summed E-state index contributed by atoms with van der Waals surface area (Å²) in [6.07, 6.45) is 1.54. The van der Waals surface area contributed by atoms with Crippen LogP contribution in [0.4, 0.5) is 0 Å². The zero-order valence-corrected chi connectivity index (χ0v) is 14.6. The number of likely N-dealkylation sites (tertiary alicyclic amines) is 1. The fraction of sp³-hybridized carbons (Fsp3) is 0.500. The van der Waals surface area contributed by atoms with E-state index < -0.39 is 0 Å². The van der Waals surface area contributed by atoms with Crippen LogP contribution in [0.5, 0.6) is 0 Å². The number of fused-ring (bicyclic) bond motifs is 1. The van der Waals surface area contributed by atoms with Gasteiger partial charge in [0.2, 0.25) is 5.91 Å². The van der Waals surface area contributed by atoms with Crippen LogP contribution >= 0.6 is 11.3 Å². The number of carbonyl (C=O) groups is 2. The van der Waals surface area contributed by atoms with E-state index in [-0.39, 0.29) is 23.2 Å². The number of carbonyl (C=O) groups excluding carboxylic acids is 2. The van der Waals surface area contributed by atoms with Crippen LogP contribution in [0.3, 0.4) is 0 Å². The van der Waals surface area contributed by atoms with E-state index in [9.17, 15) is 14.4 Å². The van der Waals surface area contributed by atoms with Crippen LogP contribution < -0.4 is 16.2 Å². The Bertz CT molecular complexity index is 862. The average Bonchev–Trinajstić information content (AvgIpc) is 2.85. The van der Waals surface area contributed by atoms with Crippen LogP contribution in [-0.2, 0) is 11.3 Å². The number of aryl methyl sites for hydroxylation is 1. The number of Topliss-reactive ketones (excluding diaryl/α,β-unsaturated/α-hetero) is 1. The van der Waals surface area contributed by atoms with Gasteiger partial charge in [-0.1, -0.05) is 0 Å². The van der Waals surface area contributed by atoms with Crippen molar-refractivity contribution in [1.29, 1.82) is 0 Å². The molecule has 7 nitrogen and oxygen atoms in total. The van der Waals surface area contributed by atoms with Gasteiger partial charge in [0, 0.05) is 18.8 Å². The van der Waals surface area contributed by atoms with E-state index in [2.05, 4.69) is 9.97 Å². The lowest BCUT2D eigenvalue weighted by molar-refractivity contribution is -0.920. The number of hydrogen-bond donors (Lipinski definition) is 3. The number of aromatic nitrogens is 2. The predicted octanol–water partition coefficient (Wildman–Crippen LogP) is -0.224. The van der Waals surface area contributed by atoms with E-state index in [1.165, 1.54) is 23.2 Å². The average molecular weight is 349 g/mol. The number of H-pyrrole nitrogens is 1. The van der Waals surface area contributed by atoms with Crippen molar-refractivity contribution in [2.24, 2.45) is 11.7 Å². The van der Waals surface area contributed by atoms with Gasteiger partial charge in [0.05, 0.1) is 23.4 Å². The summed E-state index contributed by atoms with van der Waals surface area (Å²) in [6, 6.07) is 0. The van der Waals surface area contributed by atoms with Gasteiger partial charge in [0.25, 0.3) is 5.56 Å². The Morgan fingerprint density at radius 1 is 1.38 bits per heavy atom. The summed E-state index contributed by atoms with van der Waals surface area (Å²) < 4.78 is 0. The predicted molar refractivity (Wildman–Crippen MR) is 91.3 cm³/mol. The van der Waals surface area contributed by atoms with E-state index in [1.807, 2.05) is 0 Å². The highest BCUT2D eigenvalue weighted by atomic mass is 32.1. The molecule has 0 aromatic carbocycles. The number of nitrogens with one attached hydrogen (secondary N) is 2. The highest BCUT2D eigenvalue weighted by Crippen LogP contribution is 2.27. The molecule has 3 rings (SSSR count). The summed E-state index contributed by atoms with van der Waals surface area (Å²) in [4.78, 5) is 45.1. The van der Waals surface area contributed by atoms with Crippen LogP contribution in [0.25, 0.3) is 10.2 Å². The number of amides is 1. The zero-order chi connectivity index (χ0) is 17.4. The molecule has 0 saturated carbocycles. The van der Waals surface area contributed by atoms with Crippen LogP contribution in [0.1, 0.15) is 40.8 Å². The molecular weight excluding hydrogens is 328 g/mol. The molecule has 2 aromatic heterocycles. The molecule has 1 aliphatic rings. The van der Waals surface area contributed by atoms with Gasteiger partial charge in [0.15, 0.2) is 11.6 Å². The van der Waals surface area contributed by atoms with Crippen LogP contribution in [0, 0.1) is 12.8 Å². The van der Waals surface area contributed by atoms with E-state index in [1.54, 1.807) is 6.92 Å². The number of nitrogens with zero attached hydrogens (tertiary/aromatic N) is 1. The van der Waals surface area contributed by atoms with Crippen molar-refractivity contribution in [2.75, 3.05) is 13.1 Å². The molecule has 0 unspecified atom stereocenters. The normalized spacial score (nSPS) is 21.1. The standard InChI is InChI=1S/C16H20N4O3S/c1-8-12-15(23)18-11(19-16(12)24-13(8)9(2)21)7-20-5-3-10(4-6-20)14(17)22/h10H,3-7H2,1-2H3,(H2,17,22)(H,18,19,23)/p+1. The van der Waals surface area contributed by atoms with Crippen molar-refractivity contribution in [3.63, 3.8) is 0 Å². The van der Waals surface area contributed by atoms with Gasteiger partial charge in [-0.2, -0.15) is 0 Å². The van der Waals surface area contributed by atoms with Gasteiger partial charge in [-0.05, 0) is 19.4 Å². The maximum absolute atomic E-state index is 12.4. The molecule has 128 valence electrons. The Morgan fingerprint density at radius 2 is 2.04 bits per heavy atom. The highest BCUT2D eigenvalue weighted by molar-refractivity contribution is 7.20. The third-order valence-corrected chi connectivity index (χ3v) is 5.97. The van der Waals surface area contributed by atoms with Gasteiger partial charge in [-0.3, -0.25) is 14.4 Å². The third kappa shape index (κ3) is 3.11. The molecule has 0 atom stereocenters. The van der Waals surface area contributed by atoms with E-state index in [0.29, 0.717) is 33.0 Å². The lowest BCUT2D eigenvalue weighted by Gasteiger charge is -2.27. The molecular formula is C16H21N4O3S+. The van der Waals surface area contributed by atoms with Crippen molar-refractivity contribution in [3.05, 3.63) is 26.6 Å². The first-order chi connectivity index (χ1) is 11.4. The number of piperidine rings is 1. The quantitative estimate of drug-likeness (QED) is 0.663. The van der Waals surface area contributed by atoms with Gasteiger partial charge in [0.1, 0.15) is 11.4 Å². The molecule has 4 N–H and O–H groups in total. The first-order valence-corrected chi connectivity index (χ1v) is 8.84. The number of nitrogens with two attached hydrogens (primary N) is 1. The van der Waals surface area contributed by atoms with Crippen LogP contribution in [0.2, 0.25) is 0 Å². The molecule has 1 fully saturated rings. The van der Waals surface area contributed by atoms with E-state index in [4.69, 9.17) is 5.73 Å². The number of thiophene rings is 1. The first kappa shape index (κ1) is 16.8. The maximum Gasteiger partial charge on any atom is 0.260 e. The van der Waals surface area contributed by atoms with E-state index >= 15 is 0 Å². The number of hydrogen-bond acceptors (Lipinski definition) is 5. The topological polar surface area (TPSA) is 110 Å². The molecule has 1 amide bonds. The van der Waals surface area contributed by atoms with E-state index in [0.717, 1.165) is 25.9 Å². The molecule has 8 heteroatoms. The van der Waals surface area contributed by atoms with Crippen molar-refractivity contribution < 1.29 is 14.5 Å². The molecule has 0 bridgehead atoms. The minimum Gasteiger partial charge on any atom is -0.369 e. The molecule has 0 aliphatic carbocycles. The van der Waals surface area contributed by atoms with Gasteiger partial charge in [-0.25, -0.2) is 4.98 Å². The monoisotopic (exact) mass is 349 g/mol. The molecule has 0 radical (unpaired) electrons. The lowest BCUT2D eigenvalue weighted by Crippen LogP contribution is -3.12. The molecule has 24 heavy (non-hydrogen) atoms. The Morgan fingerprint density at radius 3 is 2.62 bits per heavy atom. The maximum atomic E-state index is 12.4. The number of aromatic amines is 1. The molecule has 3 heterocycles. The second-order valence-corrected chi connectivity index (χ2v) is 7.41. The van der Waals surface area contributed by atoms with Crippen molar-refractivity contribution >= 4 is 33.2 Å². The third-order valence-electron chi connectivity index (χ3n) is 4.68. The summed E-state index contributed by atoms with van der Waals surface area (Å²) in [5.74, 6) is 0.307. The van der Waals surface area contributed by atoms with Crippen molar-refractivity contribution in [1.82, 2.24) is 9.97 Å². The minimum absolute atomic E-state index is 0.0405. The Balaban J connectivity index is 1.83. The SMILES string of the molecule is CC(=O)c1sc2nc(C[NH+]3CCC(C(N)=O)CC3)[nH]c(=O)c2c1C. The molecule has 0 spiro atoms. The fourth-order valence-corrected chi connectivity index (χ4v) is 4.43. The van der Waals surface area contributed by atoms with Gasteiger partial charge in [-0.15, -0.1) is 11.3 Å². The summed E-state index contributed by atoms with van der Waals surface area (Å²) in [5, 5.41) is 0.511. The summed E-state index contributed by atoms with van der Waals surface area (Å²) in [6.45, 7) is 5.55. The Labute approximate surface area is 142 Å². The number of quaternary nitrogens is 1. The molecule has 1 saturated heterocycles. The van der Waals surface area contributed by atoms with Gasteiger partial charge < -0.3 is 15.6 Å². The van der Waals surface area contributed by atoms with Crippen LogP contribution in [0.15, 0.2) is 4.79 Å².